The van der Waals surface area contributed by atoms with Crippen molar-refractivity contribution in [2.75, 3.05) is 20.1 Å². The molecule has 0 bridgehead atoms. The van der Waals surface area contributed by atoms with E-state index in [1.165, 1.54) is 38.8 Å². The van der Waals surface area contributed by atoms with Crippen LogP contribution in [0, 0.1) is 0 Å². The lowest BCUT2D eigenvalue weighted by Crippen LogP contribution is -2.38. The molecule has 1 unspecified atom stereocenters. The highest BCUT2D eigenvalue weighted by atomic mass is 15.2. The van der Waals surface area contributed by atoms with Crippen LogP contribution in [0.4, 0.5) is 0 Å². The first-order valence-corrected chi connectivity index (χ1v) is 6.02. The van der Waals surface area contributed by atoms with E-state index in [-0.39, 0.29) is 0 Å². The molecule has 1 aliphatic rings. The number of nitrogens with one attached hydrogen (secondary N) is 1. The van der Waals surface area contributed by atoms with Crippen molar-refractivity contribution in [2.45, 2.75) is 58.0 Å². The molecule has 1 aliphatic heterocycles. The van der Waals surface area contributed by atoms with Crippen molar-refractivity contribution in [3.05, 3.63) is 0 Å². The number of hydrogen-bond acceptors (Lipinski definition) is 2. The van der Waals surface area contributed by atoms with Crippen molar-refractivity contribution < 1.29 is 0 Å². The van der Waals surface area contributed by atoms with Crippen LogP contribution in [0.2, 0.25) is 0 Å². The van der Waals surface area contributed by atoms with E-state index < -0.39 is 0 Å². The summed E-state index contributed by atoms with van der Waals surface area (Å²) in [7, 11) is 2.08. The van der Waals surface area contributed by atoms with E-state index in [9.17, 15) is 0 Å². The highest BCUT2D eigenvalue weighted by molar-refractivity contribution is 4.95. The molecule has 2 heteroatoms. The number of likely N-dealkylation sites (N-methyl/N-ethyl adjacent to an activating group) is 1. The van der Waals surface area contributed by atoms with Crippen LogP contribution in [0.25, 0.3) is 0 Å². The highest BCUT2D eigenvalue weighted by Crippen LogP contribution is 2.28. The molecule has 0 aromatic carbocycles. The Balaban J connectivity index is 2.36. The summed E-state index contributed by atoms with van der Waals surface area (Å²) in [6.45, 7) is 9.52. The van der Waals surface area contributed by atoms with Gasteiger partial charge in [-0.1, -0.05) is 19.8 Å². The molecule has 0 amide bonds. The van der Waals surface area contributed by atoms with Gasteiger partial charge in [0.1, 0.15) is 0 Å². The Morgan fingerprint density at radius 1 is 1.36 bits per heavy atom. The van der Waals surface area contributed by atoms with Gasteiger partial charge in [0.15, 0.2) is 0 Å². The third-order valence-electron chi connectivity index (χ3n) is 3.48. The molecule has 1 rings (SSSR count). The molecule has 1 N–H and O–H groups in total. The average Bonchev–Trinajstić information content (AvgIpc) is 2.42. The first kappa shape index (κ1) is 12.0. The topological polar surface area (TPSA) is 15.3 Å². The minimum atomic E-state index is 0.404. The Hall–Kier alpha value is -0.0800. The maximum absolute atomic E-state index is 3.40. The summed E-state index contributed by atoms with van der Waals surface area (Å²) in [5, 5.41) is 3.40. The SMILES string of the molecule is CCCCCN1CC(NC)CC1(C)C. The Morgan fingerprint density at radius 3 is 2.57 bits per heavy atom. The molecule has 0 aromatic heterocycles. The number of hydrogen-bond donors (Lipinski definition) is 1. The number of nitrogens with zero attached hydrogens (tertiary/aromatic N) is 1. The quantitative estimate of drug-likeness (QED) is 0.682. The highest BCUT2D eigenvalue weighted by Gasteiger charge is 2.36. The molecule has 0 spiro atoms. The molecule has 1 atom stereocenters. The fourth-order valence-corrected chi connectivity index (χ4v) is 2.45. The van der Waals surface area contributed by atoms with Crippen LogP contribution in [-0.2, 0) is 0 Å². The van der Waals surface area contributed by atoms with E-state index in [1.54, 1.807) is 0 Å². The molecule has 1 fully saturated rings. The van der Waals surface area contributed by atoms with Crippen LogP contribution in [0.3, 0.4) is 0 Å². The fraction of sp³-hybridized carbons (Fsp3) is 1.00. The Bertz CT molecular complexity index is 166. The third kappa shape index (κ3) is 2.96. The molecule has 2 nitrogen and oxygen atoms in total. The van der Waals surface area contributed by atoms with Crippen molar-refractivity contribution in [1.82, 2.24) is 10.2 Å². The Labute approximate surface area is 89.1 Å². The van der Waals surface area contributed by atoms with E-state index >= 15 is 0 Å². The van der Waals surface area contributed by atoms with E-state index in [0.717, 1.165) is 0 Å². The third-order valence-corrected chi connectivity index (χ3v) is 3.48. The van der Waals surface area contributed by atoms with Gasteiger partial charge in [0.05, 0.1) is 0 Å². The van der Waals surface area contributed by atoms with Crippen molar-refractivity contribution in [1.29, 1.82) is 0 Å². The van der Waals surface area contributed by atoms with E-state index in [2.05, 4.69) is 38.0 Å². The molecule has 0 aliphatic carbocycles. The standard InChI is InChI=1S/C12H26N2/c1-5-6-7-8-14-10-11(13-4)9-12(14,2)3/h11,13H,5-10H2,1-4H3. The summed E-state index contributed by atoms with van der Waals surface area (Å²) < 4.78 is 0. The summed E-state index contributed by atoms with van der Waals surface area (Å²) in [6, 6.07) is 0.701. The second-order valence-electron chi connectivity index (χ2n) is 5.16. The first-order valence-electron chi connectivity index (χ1n) is 6.02. The lowest BCUT2D eigenvalue weighted by molar-refractivity contribution is 0.171. The zero-order valence-electron chi connectivity index (χ0n) is 10.3. The molecular weight excluding hydrogens is 172 g/mol. The van der Waals surface area contributed by atoms with Crippen molar-refractivity contribution in [2.24, 2.45) is 0 Å². The number of unbranched alkanes of at least 4 members (excludes halogenated alkanes) is 2. The van der Waals surface area contributed by atoms with Crippen molar-refractivity contribution in [3.63, 3.8) is 0 Å². The van der Waals surface area contributed by atoms with Crippen molar-refractivity contribution in [3.8, 4) is 0 Å². The molecule has 0 radical (unpaired) electrons. The normalized spacial score (nSPS) is 27.0. The maximum atomic E-state index is 3.40. The molecule has 0 saturated carbocycles. The second kappa shape index (κ2) is 5.13. The molecule has 1 heterocycles. The number of likely N-dealkylation sites (tertiary alicyclic amines) is 1. The van der Waals surface area contributed by atoms with Gasteiger partial charge in [-0.3, -0.25) is 4.90 Å². The van der Waals surface area contributed by atoms with Crippen LogP contribution in [0.15, 0.2) is 0 Å². The summed E-state index contributed by atoms with van der Waals surface area (Å²) in [4.78, 5) is 2.64. The first-order chi connectivity index (χ1) is 6.60. The Morgan fingerprint density at radius 2 is 2.07 bits per heavy atom. The van der Waals surface area contributed by atoms with Crippen LogP contribution < -0.4 is 5.32 Å². The van der Waals surface area contributed by atoms with Gasteiger partial charge in [0.2, 0.25) is 0 Å². The van der Waals surface area contributed by atoms with Gasteiger partial charge in [-0.15, -0.1) is 0 Å². The average molecular weight is 198 g/mol. The van der Waals surface area contributed by atoms with Gasteiger partial charge in [-0.25, -0.2) is 0 Å². The minimum Gasteiger partial charge on any atom is -0.316 e. The van der Waals surface area contributed by atoms with Gasteiger partial charge in [-0.2, -0.15) is 0 Å². The zero-order valence-corrected chi connectivity index (χ0v) is 10.3. The van der Waals surface area contributed by atoms with Crippen LogP contribution in [-0.4, -0.2) is 36.6 Å². The molecule has 14 heavy (non-hydrogen) atoms. The lowest BCUT2D eigenvalue weighted by Gasteiger charge is -2.31. The van der Waals surface area contributed by atoms with Gasteiger partial charge in [0.25, 0.3) is 0 Å². The fourth-order valence-electron chi connectivity index (χ4n) is 2.45. The van der Waals surface area contributed by atoms with Crippen LogP contribution in [0.5, 0.6) is 0 Å². The monoisotopic (exact) mass is 198 g/mol. The van der Waals surface area contributed by atoms with E-state index in [1.807, 2.05) is 0 Å². The maximum Gasteiger partial charge on any atom is 0.0209 e. The molecule has 84 valence electrons. The largest absolute Gasteiger partial charge is 0.316 e. The van der Waals surface area contributed by atoms with Gasteiger partial charge >= 0.3 is 0 Å². The predicted molar refractivity (Wildman–Crippen MR) is 62.6 cm³/mol. The summed E-state index contributed by atoms with van der Waals surface area (Å²) in [5.74, 6) is 0. The summed E-state index contributed by atoms with van der Waals surface area (Å²) >= 11 is 0. The van der Waals surface area contributed by atoms with E-state index in [0.29, 0.717) is 11.6 Å². The number of rotatable bonds is 5. The lowest BCUT2D eigenvalue weighted by atomic mass is 10.00. The summed E-state index contributed by atoms with van der Waals surface area (Å²) in [6.07, 6.45) is 5.34. The predicted octanol–water partition coefficient (Wildman–Crippen LogP) is 2.25. The summed E-state index contributed by atoms with van der Waals surface area (Å²) in [5.41, 5.74) is 0.404. The van der Waals surface area contributed by atoms with Gasteiger partial charge < -0.3 is 5.32 Å². The van der Waals surface area contributed by atoms with Crippen molar-refractivity contribution >= 4 is 0 Å². The molecule has 1 saturated heterocycles. The van der Waals surface area contributed by atoms with Crippen LogP contribution in [0.1, 0.15) is 46.5 Å². The minimum absolute atomic E-state index is 0.404. The van der Waals surface area contributed by atoms with Gasteiger partial charge in [0, 0.05) is 18.1 Å². The zero-order chi connectivity index (χ0) is 10.6. The second-order valence-corrected chi connectivity index (χ2v) is 5.16. The van der Waals surface area contributed by atoms with Gasteiger partial charge in [-0.05, 0) is 40.3 Å². The Kier molecular flexibility index (Phi) is 4.39. The molecule has 0 aromatic rings. The van der Waals surface area contributed by atoms with E-state index in [4.69, 9.17) is 0 Å². The molecular formula is C12H26N2. The smallest absolute Gasteiger partial charge is 0.0209 e. The van der Waals surface area contributed by atoms with Crippen LogP contribution >= 0.6 is 0 Å².